The minimum Gasteiger partial charge on any atom is -0.397 e. The second-order valence-electron chi connectivity index (χ2n) is 3.18. The van der Waals surface area contributed by atoms with Crippen LogP contribution in [-0.4, -0.2) is 12.5 Å². The van der Waals surface area contributed by atoms with Gasteiger partial charge in [0.25, 0.3) is 5.91 Å². The standard InChI is InChI=1S/C10H12N2O2/c11-8-4-1-2-5-9(8)12-10(13)6-3-7-14-12/h1-2,4-5H,3,6-7,11H2. The number of rotatable bonds is 1. The van der Waals surface area contributed by atoms with E-state index in [9.17, 15) is 4.79 Å². The molecule has 4 heteroatoms. The van der Waals surface area contributed by atoms with Crippen LogP contribution in [0.5, 0.6) is 0 Å². The minimum absolute atomic E-state index is 0.0332. The molecule has 0 aromatic heterocycles. The average molecular weight is 192 g/mol. The molecular formula is C10H12N2O2. The van der Waals surface area contributed by atoms with E-state index < -0.39 is 0 Å². The van der Waals surface area contributed by atoms with Gasteiger partial charge in [0.05, 0.1) is 18.0 Å². The third-order valence-corrected chi connectivity index (χ3v) is 2.14. The zero-order valence-corrected chi connectivity index (χ0v) is 7.77. The van der Waals surface area contributed by atoms with Gasteiger partial charge in [-0.1, -0.05) is 12.1 Å². The zero-order valence-electron chi connectivity index (χ0n) is 7.77. The summed E-state index contributed by atoms with van der Waals surface area (Å²) in [4.78, 5) is 16.8. The number of nitrogens with two attached hydrogens (primary N) is 1. The van der Waals surface area contributed by atoms with Gasteiger partial charge in [0.15, 0.2) is 0 Å². The van der Waals surface area contributed by atoms with E-state index in [-0.39, 0.29) is 5.91 Å². The Balaban J connectivity index is 2.29. The smallest absolute Gasteiger partial charge is 0.251 e. The van der Waals surface area contributed by atoms with Crippen LogP contribution >= 0.6 is 0 Å². The van der Waals surface area contributed by atoms with Crippen molar-refractivity contribution in [2.75, 3.05) is 17.4 Å². The molecule has 74 valence electrons. The molecule has 0 aliphatic carbocycles. The fourth-order valence-corrected chi connectivity index (χ4v) is 1.43. The van der Waals surface area contributed by atoms with Crippen molar-refractivity contribution in [3.8, 4) is 0 Å². The van der Waals surface area contributed by atoms with E-state index in [0.29, 0.717) is 24.4 Å². The highest BCUT2D eigenvalue weighted by atomic mass is 16.7. The lowest BCUT2D eigenvalue weighted by Crippen LogP contribution is -2.35. The molecule has 2 rings (SSSR count). The van der Waals surface area contributed by atoms with Crippen molar-refractivity contribution < 1.29 is 9.63 Å². The summed E-state index contributed by atoms with van der Waals surface area (Å²) in [7, 11) is 0. The highest BCUT2D eigenvalue weighted by molar-refractivity contribution is 5.94. The summed E-state index contributed by atoms with van der Waals surface area (Å²) in [6.07, 6.45) is 1.30. The van der Waals surface area contributed by atoms with E-state index in [2.05, 4.69) is 0 Å². The summed E-state index contributed by atoms with van der Waals surface area (Å²) >= 11 is 0. The first-order valence-electron chi connectivity index (χ1n) is 4.59. The Bertz CT molecular complexity index is 352. The molecule has 1 amide bonds. The molecule has 14 heavy (non-hydrogen) atoms. The monoisotopic (exact) mass is 192 g/mol. The van der Waals surface area contributed by atoms with Gasteiger partial charge in [-0.15, -0.1) is 0 Å². The third kappa shape index (κ3) is 1.56. The SMILES string of the molecule is Nc1ccccc1N1OCCCC1=O. The Labute approximate surface area is 82.2 Å². The maximum absolute atomic E-state index is 11.5. The molecule has 0 bridgehead atoms. The summed E-state index contributed by atoms with van der Waals surface area (Å²) in [5, 5.41) is 1.29. The largest absolute Gasteiger partial charge is 0.397 e. The Morgan fingerprint density at radius 2 is 2.14 bits per heavy atom. The Morgan fingerprint density at radius 1 is 1.36 bits per heavy atom. The lowest BCUT2D eigenvalue weighted by molar-refractivity contribution is -0.129. The summed E-state index contributed by atoms with van der Waals surface area (Å²) < 4.78 is 0. The molecule has 1 aliphatic rings. The highest BCUT2D eigenvalue weighted by Crippen LogP contribution is 2.25. The molecule has 1 aromatic carbocycles. The van der Waals surface area contributed by atoms with Crippen molar-refractivity contribution in [3.63, 3.8) is 0 Å². The van der Waals surface area contributed by atoms with Crippen LogP contribution in [0.2, 0.25) is 0 Å². The maximum Gasteiger partial charge on any atom is 0.251 e. The van der Waals surface area contributed by atoms with Crippen LogP contribution in [-0.2, 0) is 9.63 Å². The summed E-state index contributed by atoms with van der Waals surface area (Å²) in [6.45, 7) is 0.570. The number of carbonyl (C=O) groups is 1. The number of nitrogens with zero attached hydrogens (tertiary/aromatic N) is 1. The molecule has 2 N–H and O–H groups in total. The summed E-state index contributed by atoms with van der Waals surface area (Å²) in [6, 6.07) is 7.18. The zero-order chi connectivity index (χ0) is 9.97. The van der Waals surface area contributed by atoms with Gasteiger partial charge in [0.1, 0.15) is 0 Å². The normalized spacial score (nSPS) is 17.1. The fraction of sp³-hybridized carbons (Fsp3) is 0.300. The van der Waals surface area contributed by atoms with Gasteiger partial charge in [-0.25, -0.2) is 0 Å². The molecule has 0 spiro atoms. The number of carbonyl (C=O) groups excluding carboxylic acids is 1. The molecule has 0 saturated carbocycles. The third-order valence-electron chi connectivity index (χ3n) is 2.14. The average Bonchev–Trinajstić information content (AvgIpc) is 2.20. The number of benzene rings is 1. The number of amides is 1. The number of anilines is 2. The molecule has 4 nitrogen and oxygen atoms in total. The van der Waals surface area contributed by atoms with Crippen LogP contribution in [0.3, 0.4) is 0 Å². The number of para-hydroxylation sites is 2. The van der Waals surface area contributed by atoms with Crippen molar-refractivity contribution >= 4 is 17.3 Å². The molecule has 1 aliphatic heterocycles. The summed E-state index contributed by atoms with van der Waals surface area (Å²) in [5.74, 6) is -0.0332. The van der Waals surface area contributed by atoms with Crippen LogP contribution in [0.1, 0.15) is 12.8 Å². The number of hydrogen-bond donors (Lipinski definition) is 1. The molecule has 0 unspecified atom stereocenters. The second-order valence-corrected chi connectivity index (χ2v) is 3.18. The van der Waals surface area contributed by atoms with E-state index in [4.69, 9.17) is 10.6 Å². The van der Waals surface area contributed by atoms with Gasteiger partial charge in [0.2, 0.25) is 0 Å². The van der Waals surface area contributed by atoms with Gasteiger partial charge in [-0.3, -0.25) is 9.63 Å². The van der Waals surface area contributed by atoms with Crippen molar-refractivity contribution in [1.29, 1.82) is 0 Å². The second kappa shape index (κ2) is 3.67. The van der Waals surface area contributed by atoms with E-state index in [0.717, 1.165) is 6.42 Å². The Hall–Kier alpha value is -1.55. The first-order chi connectivity index (χ1) is 6.79. The van der Waals surface area contributed by atoms with Gasteiger partial charge >= 0.3 is 0 Å². The topological polar surface area (TPSA) is 55.6 Å². The van der Waals surface area contributed by atoms with Crippen molar-refractivity contribution in [1.82, 2.24) is 0 Å². The predicted molar refractivity (Wildman–Crippen MR) is 53.5 cm³/mol. The number of hydroxylamine groups is 1. The maximum atomic E-state index is 11.5. The Morgan fingerprint density at radius 3 is 2.86 bits per heavy atom. The number of nitrogen functional groups attached to an aromatic ring is 1. The quantitative estimate of drug-likeness (QED) is 0.683. The van der Waals surface area contributed by atoms with Crippen molar-refractivity contribution in [3.05, 3.63) is 24.3 Å². The first kappa shape index (κ1) is 9.02. The molecule has 0 atom stereocenters. The van der Waals surface area contributed by atoms with E-state index in [1.54, 1.807) is 12.1 Å². The van der Waals surface area contributed by atoms with Crippen LogP contribution in [0.4, 0.5) is 11.4 Å². The van der Waals surface area contributed by atoms with Crippen molar-refractivity contribution in [2.24, 2.45) is 0 Å². The van der Waals surface area contributed by atoms with E-state index in [1.807, 2.05) is 12.1 Å². The highest BCUT2D eigenvalue weighted by Gasteiger charge is 2.22. The predicted octanol–water partition coefficient (Wildman–Crippen LogP) is 1.33. The van der Waals surface area contributed by atoms with E-state index >= 15 is 0 Å². The molecular weight excluding hydrogens is 180 g/mol. The van der Waals surface area contributed by atoms with Gasteiger partial charge in [0, 0.05) is 6.42 Å². The molecule has 1 aromatic rings. The molecule has 0 radical (unpaired) electrons. The summed E-state index contributed by atoms with van der Waals surface area (Å²) in [5.41, 5.74) is 6.93. The van der Waals surface area contributed by atoms with Crippen molar-refractivity contribution in [2.45, 2.75) is 12.8 Å². The fourth-order valence-electron chi connectivity index (χ4n) is 1.43. The molecule has 1 fully saturated rings. The number of hydrogen-bond acceptors (Lipinski definition) is 3. The minimum atomic E-state index is -0.0332. The Kier molecular flexibility index (Phi) is 2.37. The van der Waals surface area contributed by atoms with E-state index in [1.165, 1.54) is 5.06 Å². The van der Waals surface area contributed by atoms with Gasteiger partial charge in [-0.05, 0) is 18.6 Å². The van der Waals surface area contributed by atoms with Crippen LogP contribution < -0.4 is 10.8 Å². The molecule has 1 saturated heterocycles. The molecule has 1 heterocycles. The first-order valence-corrected chi connectivity index (χ1v) is 4.59. The van der Waals surface area contributed by atoms with Gasteiger partial charge < -0.3 is 5.73 Å². The van der Waals surface area contributed by atoms with Crippen LogP contribution in [0, 0.1) is 0 Å². The van der Waals surface area contributed by atoms with Crippen LogP contribution in [0.25, 0.3) is 0 Å². The lowest BCUT2D eigenvalue weighted by Gasteiger charge is -2.26. The lowest BCUT2D eigenvalue weighted by atomic mass is 10.2. The van der Waals surface area contributed by atoms with Gasteiger partial charge in [-0.2, -0.15) is 5.06 Å². The van der Waals surface area contributed by atoms with Crippen LogP contribution in [0.15, 0.2) is 24.3 Å².